The van der Waals surface area contributed by atoms with E-state index in [1.807, 2.05) is 18.2 Å². The summed E-state index contributed by atoms with van der Waals surface area (Å²) in [6, 6.07) is 10.8. The fourth-order valence-electron chi connectivity index (χ4n) is 4.65. The third-order valence-corrected chi connectivity index (χ3v) is 6.23. The minimum absolute atomic E-state index is 0.257. The number of ether oxygens (including phenoxy) is 1. The van der Waals surface area contributed by atoms with Gasteiger partial charge < -0.3 is 15.0 Å². The number of rotatable bonds is 5. The first-order chi connectivity index (χ1) is 13.3. The molecule has 3 heterocycles. The molecule has 3 atom stereocenters. The highest BCUT2D eigenvalue weighted by Gasteiger charge is 2.55. The van der Waals surface area contributed by atoms with Crippen LogP contribution in [0.15, 0.2) is 36.4 Å². The van der Waals surface area contributed by atoms with Crippen molar-refractivity contribution in [3.8, 4) is 11.3 Å². The van der Waals surface area contributed by atoms with E-state index in [0.29, 0.717) is 11.7 Å². The fourth-order valence-corrected chi connectivity index (χ4v) is 4.65. The van der Waals surface area contributed by atoms with E-state index < -0.39 is 0 Å². The van der Waals surface area contributed by atoms with Gasteiger partial charge in [-0.3, -0.25) is 0 Å². The normalized spacial score (nSPS) is 28.1. The summed E-state index contributed by atoms with van der Waals surface area (Å²) < 4.78 is 18.8. The monoisotopic (exact) mass is 368 g/mol. The maximum absolute atomic E-state index is 13.4. The van der Waals surface area contributed by atoms with Gasteiger partial charge >= 0.3 is 0 Å². The molecule has 1 aromatic heterocycles. The smallest absolute Gasteiger partial charge is 0.148 e. The van der Waals surface area contributed by atoms with Crippen LogP contribution in [0, 0.1) is 23.6 Å². The molecule has 3 fully saturated rings. The average molecular weight is 368 g/mol. The standard InChI is InChI=1S/C21H25FN4O/c22-16-3-1-2-15(10-16)19-4-5-20(25-24-19)23-21-17-12-26(13-18(17)21)11-14-6-8-27-9-7-14/h1-5,10,14,17-18,21H,6-9,11-13H2,(H,23,25)/t17-,18+,21-. The number of halogens is 1. The molecule has 1 aliphatic carbocycles. The molecule has 1 N–H and O–H groups in total. The first kappa shape index (κ1) is 17.1. The maximum atomic E-state index is 13.4. The average Bonchev–Trinajstić information content (AvgIpc) is 3.13. The van der Waals surface area contributed by atoms with Crippen molar-refractivity contribution in [3.63, 3.8) is 0 Å². The van der Waals surface area contributed by atoms with E-state index >= 15 is 0 Å². The summed E-state index contributed by atoms with van der Waals surface area (Å²) in [5, 5.41) is 12.1. The van der Waals surface area contributed by atoms with Crippen LogP contribution in [0.4, 0.5) is 10.2 Å². The van der Waals surface area contributed by atoms with Crippen molar-refractivity contribution in [1.29, 1.82) is 0 Å². The van der Waals surface area contributed by atoms with Gasteiger partial charge in [0.05, 0.1) is 5.69 Å². The molecule has 142 valence electrons. The third kappa shape index (κ3) is 3.69. The summed E-state index contributed by atoms with van der Waals surface area (Å²) in [7, 11) is 0. The Bertz CT molecular complexity index is 781. The number of hydrogen-bond donors (Lipinski definition) is 1. The molecule has 2 aromatic rings. The Balaban J connectivity index is 1.13. The molecule has 0 unspecified atom stereocenters. The van der Waals surface area contributed by atoms with Gasteiger partial charge in [-0.15, -0.1) is 10.2 Å². The number of hydrogen-bond acceptors (Lipinski definition) is 5. The zero-order valence-electron chi connectivity index (χ0n) is 15.4. The first-order valence-corrected chi connectivity index (χ1v) is 9.92. The van der Waals surface area contributed by atoms with E-state index in [9.17, 15) is 4.39 Å². The summed E-state index contributed by atoms with van der Waals surface area (Å²) in [5.74, 6) is 2.83. The zero-order valence-corrected chi connectivity index (χ0v) is 15.4. The SMILES string of the molecule is Fc1cccc(-c2ccc(N[C@@H]3[C@@H]4CN(CC5CCOCC5)C[C@@H]43)nn2)c1. The Kier molecular flexibility index (Phi) is 4.53. The van der Waals surface area contributed by atoms with Crippen LogP contribution >= 0.6 is 0 Å². The molecule has 27 heavy (non-hydrogen) atoms. The molecule has 6 heteroatoms. The molecule has 0 bridgehead atoms. The summed E-state index contributed by atoms with van der Waals surface area (Å²) in [4.78, 5) is 2.63. The fraction of sp³-hybridized carbons (Fsp3) is 0.524. The van der Waals surface area contributed by atoms with Gasteiger partial charge in [-0.05, 0) is 54.9 Å². The number of likely N-dealkylation sites (tertiary alicyclic amines) is 1. The van der Waals surface area contributed by atoms with Crippen LogP contribution in [-0.4, -0.2) is 54.0 Å². The molecule has 5 nitrogen and oxygen atoms in total. The van der Waals surface area contributed by atoms with Gasteiger partial charge in [-0.2, -0.15) is 0 Å². The van der Waals surface area contributed by atoms with Crippen LogP contribution in [0.25, 0.3) is 11.3 Å². The Hall–Kier alpha value is -2.05. The Morgan fingerprint density at radius 3 is 2.59 bits per heavy atom. The van der Waals surface area contributed by atoms with Crippen LogP contribution in [0.5, 0.6) is 0 Å². The second-order valence-corrected chi connectivity index (χ2v) is 8.09. The molecule has 1 saturated carbocycles. The lowest BCUT2D eigenvalue weighted by Crippen LogP contribution is -2.34. The van der Waals surface area contributed by atoms with Crippen molar-refractivity contribution in [1.82, 2.24) is 15.1 Å². The van der Waals surface area contributed by atoms with Gasteiger partial charge in [0.15, 0.2) is 0 Å². The van der Waals surface area contributed by atoms with E-state index in [1.165, 1.54) is 44.6 Å². The van der Waals surface area contributed by atoms with Crippen LogP contribution in [0.3, 0.4) is 0 Å². The number of aromatic nitrogens is 2. The van der Waals surface area contributed by atoms with E-state index in [4.69, 9.17) is 4.74 Å². The Labute approximate surface area is 158 Å². The molecule has 1 aromatic carbocycles. The molecule has 3 aliphatic rings. The number of nitrogens with zero attached hydrogens (tertiary/aromatic N) is 3. The van der Waals surface area contributed by atoms with E-state index in [0.717, 1.165) is 42.3 Å². The van der Waals surface area contributed by atoms with Crippen molar-refractivity contribution in [2.45, 2.75) is 18.9 Å². The van der Waals surface area contributed by atoms with Crippen molar-refractivity contribution < 1.29 is 9.13 Å². The minimum atomic E-state index is -0.257. The van der Waals surface area contributed by atoms with Crippen molar-refractivity contribution >= 4 is 5.82 Å². The lowest BCUT2D eigenvalue weighted by molar-refractivity contribution is 0.0540. The number of nitrogens with one attached hydrogen (secondary N) is 1. The number of piperidine rings is 1. The lowest BCUT2D eigenvalue weighted by atomic mass is 10.00. The molecular formula is C21H25FN4O. The predicted octanol–water partition coefficient (Wildman–Crippen LogP) is 3.05. The van der Waals surface area contributed by atoms with Crippen LogP contribution in [0.1, 0.15) is 12.8 Å². The molecule has 2 saturated heterocycles. The van der Waals surface area contributed by atoms with Gasteiger partial charge in [0.1, 0.15) is 11.6 Å². The van der Waals surface area contributed by atoms with Gasteiger partial charge in [-0.25, -0.2) is 4.39 Å². The molecule has 2 aliphatic heterocycles. The topological polar surface area (TPSA) is 50.3 Å². The van der Waals surface area contributed by atoms with E-state index in [-0.39, 0.29) is 5.82 Å². The largest absolute Gasteiger partial charge is 0.381 e. The second-order valence-electron chi connectivity index (χ2n) is 8.09. The molecule has 0 amide bonds. The van der Waals surface area contributed by atoms with Crippen molar-refractivity contribution in [2.75, 3.05) is 38.2 Å². The predicted molar refractivity (Wildman–Crippen MR) is 102 cm³/mol. The van der Waals surface area contributed by atoms with Gasteiger partial charge in [-0.1, -0.05) is 12.1 Å². The summed E-state index contributed by atoms with van der Waals surface area (Å²) in [5.41, 5.74) is 1.44. The number of fused-ring (bicyclic) bond motifs is 1. The number of benzene rings is 1. The van der Waals surface area contributed by atoms with E-state index in [1.54, 1.807) is 6.07 Å². The highest BCUT2D eigenvalue weighted by molar-refractivity contribution is 5.59. The highest BCUT2D eigenvalue weighted by Crippen LogP contribution is 2.47. The van der Waals surface area contributed by atoms with E-state index in [2.05, 4.69) is 20.4 Å². The zero-order chi connectivity index (χ0) is 18.2. The lowest BCUT2D eigenvalue weighted by Gasteiger charge is -2.28. The summed E-state index contributed by atoms with van der Waals surface area (Å²) >= 11 is 0. The highest BCUT2D eigenvalue weighted by atomic mass is 19.1. The summed E-state index contributed by atoms with van der Waals surface area (Å²) in [6.07, 6.45) is 2.42. The van der Waals surface area contributed by atoms with Crippen LogP contribution in [-0.2, 0) is 4.74 Å². The number of anilines is 1. The van der Waals surface area contributed by atoms with Crippen molar-refractivity contribution in [3.05, 3.63) is 42.2 Å². The minimum Gasteiger partial charge on any atom is -0.381 e. The van der Waals surface area contributed by atoms with Gasteiger partial charge in [0.25, 0.3) is 0 Å². The van der Waals surface area contributed by atoms with Crippen LogP contribution < -0.4 is 5.32 Å². The van der Waals surface area contributed by atoms with Crippen molar-refractivity contribution in [2.24, 2.45) is 17.8 Å². The molecule has 5 rings (SSSR count). The Morgan fingerprint density at radius 1 is 1.07 bits per heavy atom. The molecular weight excluding hydrogens is 343 g/mol. The maximum Gasteiger partial charge on any atom is 0.148 e. The first-order valence-electron chi connectivity index (χ1n) is 9.92. The van der Waals surface area contributed by atoms with Gasteiger partial charge in [0.2, 0.25) is 0 Å². The molecule has 0 spiro atoms. The second kappa shape index (κ2) is 7.17. The summed E-state index contributed by atoms with van der Waals surface area (Å²) in [6.45, 7) is 5.47. The molecule has 0 radical (unpaired) electrons. The quantitative estimate of drug-likeness (QED) is 0.879. The van der Waals surface area contributed by atoms with Crippen LogP contribution in [0.2, 0.25) is 0 Å². The Morgan fingerprint density at radius 2 is 1.89 bits per heavy atom. The third-order valence-electron chi connectivity index (χ3n) is 6.23. The van der Waals surface area contributed by atoms with Gasteiger partial charge in [0, 0.05) is 44.5 Å².